The van der Waals surface area contributed by atoms with Crippen LogP contribution >= 0.6 is 11.8 Å². The Morgan fingerprint density at radius 1 is 1.25 bits per heavy atom. The molecule has 0 heterocycles. The predicted molar refractivity (Wildman–Crippen MR) is 88.0 cm³/mol. The van der Waals surface area contributed by atoms with Crippen LogP contribution in [-0.2, 0) is 11.2 Å². The molecule has 112 valence electrons. The zero-order chi connectivity index (χ0) is 14.8. The topological polar surface area (TPSA) is 46.3 Å². The van der Waals surface area contributed by atoms with Crippen molar-refractivity contribution >= 4 is 17.7 Å². The Hall–Kier alpha value is -1.00. The van der Waals surface area contributed by atoms with Crippen molar-refractivity contribution in [3.63, 3.8) is 0 Å². The van der Waals surface area contributed by atoms with Crippen molar-refractivity contribution in [2.75, 3.05) is 25.1 Å². The maximum Gasteiger partial charge on any atom is 0.239 e. The average Bonchev–Trinajstić information content (AvgIpc) is 2.46. The fourth-order valence-electron chi connectivity index (χ4n) is 2.14. The van der Waals surface area contributed by atoms with E-state index in [9.17, 15) is 4.79 Å². The molecular weight excluding hydrogens is 268 g/mol. The molecule has 1 atom stereocenters. The molecule has 0 aromatic heterocycles. The summed E-state index contributed by atoms with van der Waals surface area (Å²) in [6.45, 7) is 3.38. The molecule has 1 aromatic rings. The van der Waals surface area contributed by atoms with Gasteiger partial charge in [0.1, 0.15) is 0 Å². The van der Waals surface area contributed by atoms with Gasteiger partial charge in [0.05, 0.1) is 6.04 Å². The molecule has 0 spiro atoms. The number of hydrogen-bond donors (Lipinski definition) is 1. The van der Waals surface area contributed by atoms with E-state index >= 15 is 0 Å². The van der Waals surface area contributed by atoms with Crippen LogP contribution in [0.25, 0.3) is 0 Å². The molecule has 1 amide bonds. The Kier molecular flexibility index (Phi) is 8.38. The summed E-state index contributed by atoms with van der Waals surface area (Å²) in [5.41, 5.74) is 7.05. The lowest BCUT2D eigenvalue weighted by Gasteiger charge is -2.24. The monoisotopic (exact) mass is 294 g/mol. The van der Waals surface area contributed by atoms with Gasteiger partial charge in [-0.1, -0.05) is 30.3 Å². The van der Waals surface area contributed by atoms with Crippen molar-refractivity contribution < 1.29 is 4.79 Å². The highest BCUT2D eigenvalue weighted by atomic mass is 32.2. The predicted octanol–water partition coefficient (Wildman–Crippen LogP) is 2.55. The third kappa shape index (κ3) is 6.44. The highest BCUT2D eigenvalue weighted by molar-refractivity contribution is 7.98. The summed E-state index contributed by atoms with van der Waals surface area (Å²) in [6.07, 6.45) is 5.12. The largest absolute Gasteiger partial charge is 0.341 e. The van der Waals surface area contributed by atoms with Crippen molar-refractivity contribution in [1.82, 2.24) is 4.90 Å². The Labute approximate surface area is 126 Å². The lowest BCUT2D eigenvalue weighted by molar-refractivity contribution is -0.132. The summed E-state index contributed by atoms with van der Waals surface area (Å²) < 4.78 is 0. The molecule has 0 bridgehead atoms. The second kappa shape index (κ2) is 9.83. The maximum atomic E-state index is 12.1. The van der Waals surface area contributed by atoms with Gasteiger partial charge in [-0.05, 0) is 43.8 Å². The first-order valence-electron chi connectivity index (χ1n) is 7.22. The van der Waals surface area contributed by atoms with Crippen LogP contribution in [0.5, 0.6) is 0 Å². The van der Waals surface area contributed by atoms with Crippen LogP contribution < -0.4 is 5.73 Å². The zero-order valence-electron chi connectivity index (χ0n) is 12.5. The molecule has 4 heteroatoms. The van der Waals surface area contributed by atoms with E-state index in [1.165, 1.54) is 5.56 Å². The lowest BCUT2D eigenvalue weighted by Crippen LogP contribution is -2.43. The van der Waals surface area contributed by atoms with E-state index in [1.54, 1.807) is 6.92 Å². The molecule has 0 aliphatic rings. The van der Waals surface area contributed by atoms with Gasteiger partial charge in [-0.25, -0.2) is 0 Å². The Bertz CT molecular complexity index is 381. The Balaban J connectivity index is 2.41. The fourth-order valence-corrected chi connectivity index (χ4v) is 2.56. The quantitative estimate of drug-likeness (QED) is 0.712. The first-order chi connectivity index (χ1) is 9.65. The van der Waals surface area contributed by atoms with Gasteiger partial charge in [0.25, 0.3) is 0 Å². The minimum atomic E-state index is -0.402. The molecule has 1 rings (SSSR count). The summed E-state index contributed by atoms with van der Waals surface area (Å²) in [5, 5.41) is 0. The number of thioether (sulfide) groups is 1. The van der Waals surface area contributed by atoms with Gasteiger partial charge in [0, 0.05) is 13.1 Å². The normalized spacial score (nSPS) is 12.2. The van der Waals surface area contributed by atoms with Gasteiger partial charge in [-0.2, -0.15) is 11.8 Å². The Morgan fingerprint density at radius 2 is 1.90 bits per heavy atom. The van der Waals surface area contributed by atoms with E-state index in [4.69, 9.17) is 5.73 Å². The molecule has 2 N–H and O–H groups in total. The van der Waals surface area contributed by atoms with Gasteiger partial charge in [0.2, 0.25) is 5.91 Å². The Morgan fingerprint density at radius 3 is 2.50 bits per heavy atom. The number of benzene rings is 1. The van der Waals surface area contributed by atoms with Crippen LogP contribution in [0, 0.1) is 0 Å². The SMILES string of the molecule is CSCCCN(CCCc1ccccc1)C(=O)[C@@H](C)N. The van der Waals surface area contributed by atoms with E-state index in [0.29, 0.717) is 0 Å². The number of hydrogen-bond acceptors (Lipinski definition) is 3. The summed E-state index contributed by atoms with van der Waals surface area (Å²) in [4.78, 5) is 14.0. The fraction of sp³-hybridized carbons (Fsp3) is 0.562. The van der Waals surface area contributed by atoms with E-state index in [0.717, 1.165) is 38.1 Å². The molecule has 20 heavy (non-hydrogen) atoms. The van der Waals surface area contributed by atoms with Gasteiger partial charge >= 0.3 is 0 Å². The third-order valence-corrected chi connectivity index (χ3v) is 3.91. The first-order valence-corrected chi connectivity index (χ1v) is 8.61. The molecule has 0 radical (unpaired) electrons. The van der Waals surface area contributed by atoms with Gasteiger partial charge in [-0.15, -0.1) is 0 Å². The molecule has 0 unspecified atom stereocenters. The van der Waals surface area contributed by atoms with Gasteiger partial charge < -0.3 is 10.6 Å². The minimum absolute atomic E-state index is 0.0687. The number of aryl methyl sites for hydroxylation is 1. The van der Waals surface area contributed by atoms with Crippen molar-refractivity contribution in [2.45, 2.75) is 32.2 Å². The number of amides is 1. The van der Waals surface area contributed by atoms with Gasteiger partial charge in [-0.3, -0.25) is 4.79 Å². The van der Waals surface area contributed by atoms with Crippen LogP contribution in [0.1, 0.15) is 25.3 Å². The summed E-state index contributed by atoms with van der Waals surface area (Å²) in [5.74, 6) is 1.15. The highest BCUT2D eigenvalue weighted by Gasteiger charge is 2.16. The van der Waals surface area contributed by atoms with Crippen LogP contribution in [0.4, 0.5) is 0 Å². The molecule has 1 aromatic carbocycles. The average molecular weight is 294 g/mol. The minimum Gasteiger partial charge on any atom is -0.341 e. The van der Waals surface area contributed by atoms with Gasteiger partial charge in [0.15, 0.2) is 0 Å². The maximum absolute atomic E-state index is 12.1. The summed E-state index contributed by atoms with van der Waals surface area (Å²) in [7, 11) is 0. The third-order valence-electron chi connectivity index (χ3n) is 3.21. The van der Waals surface area contributed by atoms with Crippen molar-refractivity contribution in [1.29, 1.82) is 0 Å². The van der Waals surface area contributed by atoms with Crippen molar-refractivity contribution in [3.05, 3.63) is 35.9 Å². The van der Waals surface area contributed by atoms with Crippen LogP contribution in [0.2, 0.25) is 0 Å². The lowest BCUT2D eigenvalue weighted by atomic mass is 10.1. The second-order valence-corrected chi connectivity index (χ2v) is 6.04. The summed E-state index contributed by atoms with van der Waals surface area (Å²) in [6, 6.07) is 9.99. The van der Waals surface area contributed by atoms with Crippen LogP contribution in [-0.4, -0.2) is 41.9 Å². The molecule has 0 aliphatic heterocycles. The molecule has 0 saturated carbocycles. The molecule has 0 aliphatic carbocycles. The van der Waals surface area contributed by atoms with Crippen LogP contribution in [0.15, 0.2) is 30.3 Å². The van der Waals surface area contributed by atoms with Crippen LogP contribution in [0.3, 0.4) is 0 Å². The molecular formula is C16H26N2OS. The van der Waals surface area contributed by atoms with Crippen molar-refractivity contribution in [2.24, 2.45) is 5.73 Å². The van der Waals surface area contributed by atoms with E-state index in [1.807, 2.05) is 22.7 Å². The molecule has 0 fully saturated rings. The number of nitrogens with two attached hydrogens (primary N) is 1. The van der Waals surface area contributed by atoms with E-state index < -0.39 is 6.04 Å². The van der Waals surface area contributed by atoms with Crippen molar-refractivity contribution in [3.8, 4) is 0 Å². The zero-order valence-corrected chi connectivity index (χ0v) is 13.4. The number of carbonyl (C=O) groups is 1. The number of carbonyl (C=O) groups excluding carboxylic acids is 1. The highest BCUT2D eigenvalue weighted by Crippen LogP contribution is 2.06. The number of nitrogens with zero attached hydrogens (tertiary/aromatic N) is 1. The van der Waals surface area contributed by atoms with E-state index in [2.05, 4.69) is 30.5 Å². The summed E-state index contributed by atoms with van der Waals surface area (Å²) >= 11 is 1.82. The smallest absolute Gasteiger partial charge is 0.239 e. The standard InChI is InChI=1S/C16H26N2OS/c1-14(17)16(19)18(12-7-13-20-2)11-6-10-15-8-4-3-5-9-15/h3-5,8-9,14H,6-7,10-13,17H2,1-2H3/t14-/m1/s1. The molecule has 3 nitrogen and oxygen atoms in total. The number of rotatable bonds is 9. The van der Waals surface area contributed by atoms with E-state index in [-0.39, 0.29) is 5.91 Å². The second-order valence-electron chi connectivity index (χ2n) is 5.05. The molecule has 0 saturated heterocycles. The first kappa shape index (κ1) is 17.1.